The number of aromatic amines is 2. The van der Waals surface area contributed by atoms with Gasteiger partial charge in [-0.3, -0.25) is 0 Å². The zero-order valence-electron chi connectivity index (χ0n) is 25.4. The largest absolute Gasteiger partial charge is 0.378 e. The van der Waals surface area contributed by atoms with E-state index in [0.717, 1.165) is 54.7 Å². The molecule has 0 saturated carbocycles. The summed E-state index contributed by atoms with van der Waals surface area (Å²) >= 11 is 0. The molecule has 0 spiro atoms. The smallest absolute Gasteiger partial charge is 0.120 e. The zero-order valence-corrected chi connectivity index (χ0v) is 25.4. The molecule has 4 nitrogen and oxygen atoms in total. The van der Waals surface area contributed by atoms with Crippen molar-refractivity contribution in [3.8, 4) is 23.7 Å². The topological polar surface area (TPSA) is 72.0 Å². The lowest BCUT2D eigenvalue weighted by atomic mass is 9.84. The third kappa shape index (κ3) is 5.23. The molecule has 0 aliphatic carbocycles. The molecule has 0 fully saturated rings. The summed E-state index contributed by atoms with van der Waals surface area (Å²) in [4.78, 5) is 7.39. The minimum absolute atomic E-state index is 0.0639. The molecule has 5 aromatic rings. The highest BCUT2D eigenvalue weighted by molar-refractivity contribution is 6.22. The van der Waals surface area contributed by atoms with Gasteiger partial charge in [-0.1, -0.05) is 77.4 Å². The van der Waals surface area contributed by atoms with Gasteiger partial charge in [0.15, 0.2) is 0 Å². The first-order chi connectivity index (χ1) is 18.3. The SMILES string of the molecule is CC(C)(O)C#Cc1cc(C(C)(C)C)cc2c1[nH]c1c2ccc2c3cc(C(C)(C)C)cc(C#CC(C)(C)O)c3[nH]c21. The summed E-state index contributed by atoms with van der Waals surface area (Å²) in [6.45, 7) is 20.0. The summed E-state index contributed by atoms with van der Waals surface area (Å²) < 4.78 is 0. The summed E-state index contributed by atoms with van der Waals surface area (Å²) in [6, 6.07) is 13.2. The quantitative estimate of drug-likeness (QED) is 0.154. The predicted octanol–water partition coefficient (Wildman–Crippen LogP) is 7.80. The molecule has 0 aliphatic heterocycles. The van der Waals surface area contributed by atoms with Crippen LogP contribution >= 0.6 is 0 Å². The maximum absolute atomic E-state index is 10.3. The Balaban J connectivity index is 1.90. The summed E-state index contributed by atoms with van der Waals surface area (Å²) in [5.74, 6) is 12.5. The number of aliphatic hydroxyl groups is 2. The average Bonchev–Trinajstić information content (AvgIpc) is 3.37. The van der Waals surface area contributed by atoms with Gasteiger partial charge >= 0.3 is 0 Å². The summed E-state index contributed by atoms with van der Waals surface area (Å²) in [6.07, 6.45) is 0. The molecule has 206 valence electrons. The van der Waals surface area contributed by atoms with Crippen LogP contribution in [0.5, 0.6) is 0 Å². The van der Waals surface area contributed by atoms with Gasteiger partial charge in [-0.2, -0.15) is 0 Å². The van der Waals surface area contributed by atoms with Crippen LogP contribution in [-0.2, 0) is 10.8 Å². The fourth-order valence-corrected chi connectivity index (χ4v) is 5.04. The van der Waals surface area contributed by atoms with Crippen LogP contribution in [0, 0.1) is 23.7 Å². The van der Waals surface area contributed by atoms with Crippen LogP contribution in [0.25, 0.3) is 43.6 Å². The lowest BCUT2D eigenvalue weighted by molar-refractivity contribution is 0.143. The maximum Gasteiger partial charge on any atom is 0.120 e. The number of aromatic nitrogens is 2. The Morgan fingerprint density at radius 3 is 1.15 bits per heavy atom. The Labute approximate surface area is 237 Å². The Kier molecular flexibility index (Phi) is 6.20. The molecule has 0 bridgehead atoms. The molecule has 0 aliphatic rings. The third-order valence-electron chi connectivity index (χ3n) is 7.30. The lowest BCUT2D eigenvalue weighted by Crippen LogP contribution is -2.14. The molecule has 2 aromatic heterocycles. The first-order valence-electron chi connectivity index (χ1n) is 13.9. The van der Waals surface area contributed by atoms with E-state index >= 15 is 0 Å². The number of nitrogens with one attached hydrogen (secondary N) is 2. The van der Waals surface area contributed by atoms with E-state index in [-0.39, 0.29) is 10.8 Å². The van der Waals surface area contributed by atoms with E-state index in [4.69, 9.17) is 0 Å². The van der Waals surface area contributed by atoms with E-state index in [9.17, 15) is 10.2 Å². The summed E-state index contributed by atoms with van der Waals surface area (Å²) in [7, 11) is 0. The van der Waals surface area contributed by atoms with Crippen LogP contribution in [0.4, 0.5) is 0 Å². The van der Waals surface area contributed by atoms with E-state index in [0.29, 0.717) is 0 Å². The molecule has 0 amide bonds. The average molecular weight is 533 g/mol. The minimum Gasteiger partial charge on any atom is -0.378 e. The minimum atomic E-state index is -1.09. The number of hydrogen-bond acceptors (Lipinski definition) is 2. The van der Waals surface area contributed by atoms with Gasteiger partial charge in [0.1, 0.15) is 11.2 Å². The number of fused-ring (bicyclic) bond motifs is 7. The molecule has 5 rings (SSSR count). The van der Waals surface area contributed by atoms with Crippen LogP contribution in [-0.4, -0.2) is 31.4 Å². The predicted molar refractivity (Wildman–Crippen MR) is 169 cm³/mol. The van der Waals surface area contributed by atoms with Crippen LogP contribution in [0.15, 0.2) is 36.4 Å². The highest BCUT2D eigenvalue weighted by Crippen LogP contribution is 2.39. The molecule has 2 heterocycles. The van der Waals surface area contributed by atoms with Crippen LogP contribution in [0.3, 0.4) is 0 Å². The molecule has 4 N–H and O–H groups in total. The van der Waals surface area contributed by atoms with Gasteiger partial charge < -0.3 is 20.2 Å². The summed E-state index contributed by atoms with van der Waals surface area (Å²) in [5.41, 5.74) is 5.77. The molecular weight excluding hydrogens is 492 g/mol. The highest BCUT2D eigenvalue weighted by Gasteiger charge is 2.22. The molecule has 4 heteroatoms. The van der Waals surface area contributed by atoms with Crippen LogP contribution in [0.2, 0.25) is 0 Å². The van der Waals surface area contributed by atoms with E-state index < -0.39 is 11.2 Å². The highest BCUT2D eigenvalue weighted by atomic mass is 16.3. The Hall–Kier alpha value is -3.70. The van der Waals surface area contributed by atoms with E-state index in [1.54, 1.807) is 27.7 Å². The van der Waals surface area contributed by atoms with Gasteiger partial charge in [0.05, 0.1) is 22.1 Å². The Bertz CT molecular complexity index is 1790. The van der Waals surface area contributed by atoms with Crippen molar-refractivity contribution < 1.29 is 10.2 Å². The third-order valence-corrected chi connectivity index (χ3v) is 7.30. The first kappa shape index (κ1) is 27.9. The van der Waals surface area contributed by atoms with Gasteiger partial charge in [0, 0.05) is 32.7 Å². The van der Waals surface area contributed by atoms with E-state index in [1.807, 2.05) is 0 Å². The van der Waals surface area contributed by atoms with Crippen molar-refractivity contribution in [2.24, 2.45) is 0 Å². The molecule has 40 heavy (non-hydrogen) atoms. The lowest BCUT2D eigenvalue weighted by Gasteiger charge is -2.20. The Morgan fingerprint density at radius 1 is 0.500 bits per heavy atom. The van der Waals surface area contributed by atoms with Crippen molar-refractivity contribution in [2.75, 3.05) is 0 Å². The molecule has 0 atom stereocenters. The maximum atomic E-state index is 10.3. The molecule has 0 unspecified atom stereocenters. The fourth-order valence-electron chi connectivity index (χ4n) is 5.04. The Morgan fingerprint density at radius 2 is 0.850 bits per heavy atom. The monoisotopic (exact) mass is 532 g/mol. The number of benzene rings is 3. The van der Waals surface area contributed by atoms with Gasteiger partial charge in [-0.05, 0) is 73.9 Å². The second-order valence-electron chi connectivity index (χ2n) is 14.2. The van der Waals surface area contributed by atoms with Crippen molar-refractivity contribution in [3.63, 3.8) is 0 Å². The number of H-pyrrole nitrogens is 2. The standard InChI is InChI=1S/C36H40N2O2/c1-33(2,3)23-17-21(13-15-35(7,8)39)29-27(19-23)25-11-12-26-28-20-24(34(4,5)6)18-22(14-16-36(9,10)40)30(28)38-32(26)31(25)37-29/h11-12,17-20,37-40H,1-10H3. The molecule has 0 radical (unpaired) electrons. The van der Waals surface area contributed by atoms with Crippen molar-refractivity contribution in [1.82, 2.24) is 9.97 Å². The van der Waals surface area contributed by atoms with Crippen molar-refractivity contribution in [1.29, 1.82) is 0 Å². The fraction of sp³-hybridized carbons (Fsp3) is 0.389. The van der Waals surface area contributed by atoms with E-state index in [1.165, 1.54) is 11.1 Å². The van der Waals surface area contributed by atoms with Crippen molar-refractivity contribution in [2.45, 2.75) is 91.3 Å². The second kappa shape index (κ2) is 8.90. The van der Waals surface area contributed by atoms with Crippen LogP contribution < -0.4 is 0 Å². The first-order valence-corrected chi connectivity index (χ1v) is 13.9. The van der Waals surface area contributed by atoms with Gasteiger partial charge in [-0.15, -0.1) is 0 Å². The molecule has 3 aromatic carbocycles. The van der Waals surface area contributed by atoms with Crippen LogP contribution in [0.1, 0.15) is 91.5 Å². The second-order valence-corrected chi connectivity index (χ2v) is 14.2. The number of rotatable bonds is 0. The van der Waals surface area contributed by atoms with Gasteiger partial charge in [0.2, 0.25) is 0 Å². The van der Waals surface area contributed by atoms with Crippen molar-refractivity contribution >= 4 is 43.6 Å². The molecule has 0 saturated heterocycles. The normalized spacial score (nSPS) is 13.1. The van der Waals surface area contributed by atoms with Crippen molar-refractivity contribution in [3.05, 3.63) is 58.7 Å². The molecular formula is C36H40N2O2. The van der Waals surface area contributed by atoms with Gasteiger partial charge in [0.25, 0.3) is 0 Å². The summed E-state index contributed by atoms with van der Waals surface area (Å²) in [5, 5.41) is 25.1. The number of hydrogen-bond donors (Lipinski definition) is 4. The zero-order chi connectivity index (χ0) is 29.4. The van der Waals surface area contributed by atoms with Gasteiger partial charge in [-0.25, -0.2) is 0 Å². The van der Waals surface area contributed by atoms with E-state index in [2.05, 4.69) is 112 Å².